The van der Waals surface area contributed by atoms with Crippen LogP contribution in [0.15, 0.2) is 52.7 Å². The van der Waals surface area contributed by atoms with Crippen LogP contribution in [0.1, 0.15) is 11.1 Å². The zero-order valence-corrected chi connectivity index (χ0v) is 16.7. The van der Waals surface area contributed by atoms with Crippen molar-refractivity contribution >= 4 is 29.1 Å². The number of hydrogen-bond donors (Lipinski definition) is 0. The smallest absolute Gasteiger partial charge is 0.239 e. The Labute approximate surface area is 168 Å². The van der Waals surface area contributed by atoms with Crippen molar-refractivity contribution in [2.24, 2.45) is 10.2 Å². The molecule has 0 bridgehead atoms. The molecule has 1 amide bonds. The number of hydrogen-bond acceptors (Lipinski definition) is 7. The second-order valence-electron chi connectivity index (χ2n) is 5.83. The zero-order chi connectivity index (χ0) is 19.9. The van der Waals surface area contributed by atoms with Crippen LogP contribution in [0.25, 0.3) is 0 Å². The van der Waals surface area contributed by atoms with Crippen LogP contribution in [-0.4, -0.2) is 49.3 Å². The highest BCUT2D eigenvalue weighted by atomic mass is 32.2. The average molecular weight is 399 g/mol. The Kier molecular flexibility index (Phi) is 6.54. The van der Waals surface area contributed by atoms with Crippen molar-refractivity contribution in [1.82, 2.24) is 4.90 Å². The number of amidine groups is 1. The molecule has 146 valence electrons. The summed E-state index contributed by atoms with van der Waals surface area (Å²) >= 11 is 1.37. The molecule has 0 aromatic heterocycles. The van der Waals surface area contributed by atoms with Crippen LogP contribution in [-0.2, 0) is 11.3 Å². The minimum absolute atomic E-state index is 0.00808. The first kappa shape index (κ1) is 19.8. The molecule has 0 radical (unpaired) electrons. The van der Waals surface area contributed by atoms with E-state index in [0.29, 0.717) is 29.0 Å². The molecule has 0 unspecified atom stereocenters. The van der Waals surface area contributed by atoms with Crippen LogP contribution in [0.2, 0.25) is 0 Å². The molecule has 3 rings (SSSR count). The number of para-hydroxylation sites is 1. The van der Waals surface area contributed by atoms with Crippen LogP contribution in [0, 0.1) is 0 Å². The van der Waals surface area contributed by atoms with Crippen molar-refractivity contribution in [3.8, 4) is 17.2 Å². The van der Waals surface area contributed by atoms with E-state index < -0.39 is 0 Å². The summed E-state index contributed by atoms with van der Waals surface area (Å²) in [7, 11) is 4.77. The summed E-state index contributed by atoms with van der Waals surface area (Å²) in [5, 5.41) is 8.97. The molecule has 7 nitrogen and oxygen atoms in total. The van der Waals surface area contributed by atoms with Gasteiger partial charge in [0, 0.05) is 5.56 Å². The second-order valence-corrected chi connectivity index (χ2v) is 6.77. The molecular weight excluding hydrogens is 378 g/mol. The SMILES string of the molecule is COc1ccc(CN2C(=O)CS/C2=N\N=C/c2cccc(OC)c2OC)cc1. The molecule has 2 aromatic rings. The number of rotatable bonds is 7. The molecule has 0 aliphatic carbocycles. The lowest BCUT2D eigenvalue weighted by Crippen LogP contribution is -2.28. The summed E-state index contributed by atoms with van der Waals surface area (Å²) < 4.78 is 15.8. The van der Waals surface area contributed by atoms with Gasteiger partial charge in [-0.2, -0.15) is 5.10 Å². The Balaban J connectivity index is 1.77. The predicted molar refractivity (Wildman–Crippen MR) is 111 cm³/mol. The van der Waals surface area contributed by atoms with E-state index in [9.17, 15) is 4.79 Å². The summed E-state index contributed by atoms with van der Waals surface area (Å²) in [4.78, 5) is 13.9. The van der Waals surface area contributed by atoms with Crippen LogP contribution in [0.5, 0.6) is 17.2 Å². The Morgan fingerprint density at radius 1 is 1.07 bits per heavy atom. The van der Waals surface area contributed by atoms with Gasteiger partial charge in [-0.3, -0.25) is 9.69 Å². The third-order valence-corrected chi connectivity index (χ3v) is 5.08. The topological polar surface area (TPSA) is 72.7 Å². The van der Waals surface area contributed by atoms with Gasteiger partial charge in [0.1, 0.15) is 5.75 Å². The lowest BCUT2D eigenvalue weighted by atomic mass is 10.2. The van der Waals surface area contributed by atoms with Gasteiger partial charge in [-0.15, -0.1) is 5.10 Å². The van der Waals surface area contributed by atoms with Gasteiger partial charge in [-0.05, 0) is 29.8 Å². The van der Waals surface area contributed by atoms with Crippen LogP contribution < -0.4 is 14.2 Å². The molecule has 28 heavy (non-hydrogen) atoms. The van der Waals surface area contributed by atoms with Crippen LogP contribution in [0.3, 0.4) is 0 Å². The Morgan fingerprint density at radius 2 is 1.86 bits per heavy atom. The number of carbonyl (C=O) groups excluding carboxylic acids is 1. The number of carbonyl (C=O) groups is 1. The number of methoxy groups -OCH3 is 3. The first-order valence-corrected chi connectivity index (χ1v) is 9.53. The third kappa shape index (κ3) is 4.45. The predicted octanol–water partition coefficient (Wildman–Crippen LogP) is 3.18. The fraction of sp³-hybridized carbons (Fsp3) is 0.250. The molecule has 1 fully saturated rings. The van der Waals surface area contributed by atoms with Crippen molar-refractivity contribution < 1.29 is 19.0 Å². The number of nitrogens with zero attached hydrogens (tertiary/aromatic N) is 3. The van der Waals surface area contributed by atoms with E-state index >= 15 is 0 Å². The highest BCUT2D eigenvalue weighted by Crippen LogP contribution is 2.29. The number of ether oxygens (including phenoxy) is 3. The van der Waals surface area contributed by atoms with E-state index in [1.165, 1.54) is 11.8 Å². The maximum Gasteiger partial charge on any atom is 0.239 e. The number of amides is 1. The highest BCUT2D eigenvalue weighted by Gasteiger charge is 2.28. The van der Waals surface area contributed by atoms with Crippen LogP contribution in [0.4, 0.5) is 0 Å². The van der Waals surface area contributed by atoms with Gasteiger partial charge < -0.3 is 14.2 Å². The van der Waals surface area contributed by atoms with Crippen LogP contribution >= 0.6 is 11.8 Å². The number of thioether (sulfide) groups is 1. The van der Waals surface area contributed by atoms with Gasteiger partial charge in [-0.1, -0.05) is 30.0 Å². The quantitative estimate of drug-likeness (QED) is 0.528. The Morgan fingerprint density at radius 3 is 2.54 bits per heavy atom. The number of benzene rings is 2. The van der Waals surface area contributed by atoms with E-state index in [-0.39, 0.29) is 5.91 Å². The van der Waals surface area contributed by atoms with Gasteiger partial charge >= 0.3 is 0 Å². The third-order valence-electron chi connectivity index (χ3n) is 4.13. The largest absolute Gasteiger partial charge is 0.497 e. The molecule has 0 saturated carbocycles. The molecular formula is C20H21N3O4S. The van der Waals surface area contributed by atoms with Crippen molar-refractivity contribution in [2.45, 2.75) is 6.54 Å². The van der Waals surface area contributed by atoms with E-state index in [0.717, 1.165) is 16.9 Å². The van der Waals surface area contributed by atoms with Crippen molar-refractivity contribution in [3.05, 3.63) is 53.6 Å². The standard InChI is InChI=1S/C20H21N3O4S/c1-25-16-9-7-14(8-10-16)12-23-18(24)13-28-20(23)22-21-11-15-5-4-6-17(26-2)19(15)27-3/h4-11H,12-13H2,1-3H3/b21-11-,22-20-. The van der Waals surface area contributed by atoms with Gasteiger partial charge in [0.05, 0.1) is 39.8 Å². The van der Waals surface area contributed by atoms with E-state index in [1.807, 2.05) is 42.5 Å². The van der Waals surface area contributed by atoms with Crippen molar-refractivity contribution in [3.63, 3.8) is 0 Å². The summed E-state index contributed by atoms with van der Waals surface area (Å²) in [6.45, 7) is 0.437. The highest BCUT2D eigenvalue weighted by molar-refractivity contribution is 8.15. The molecule has 1 aliphatic rings. The molecule has 1 aliphatic heterocycles. The lowest BCUT2D eigenvalue weighted by molar-refractivity contribution is -0.124. The fourth-order valence-corrected chi connectivity index (χ4v) is 3.53. The van der Waals surface area contributed by atoms with Gasteiger partial charge in [0.2, 0.25) is 5.91 Å². The molecule has 8 heteroatoms. The van der Waals surface area contributed by atoms with E-state index in [4.69, 9.17) is 14.2 Å². The van der Waals surface area contributed by atoms with E-state index in [1.54, 1.807) is 32.4 Å². The molecule has 1 saturated heterocycles. The van der Waals surface area contributed by atoms with Crippen molar-refractivity contribution in [2.75, 3.05) is 27.1 Å². The summed E-state index contributed by atoms with van der Waals surface area (Å²) in [6, 6.07) is 13.1. The first-order valence-electron chi connectivity index (χ1n) is 8.54. The van der Waals surface area contributed by atoms with Crippen molar-refractivity contribution in [1.29, 1.82) is 0 Å². The molecule has 0 atom stereocenters. The second kappa shape index (κ2) is 9.27. The zero-order valence-electron chi connectivity index (χ0n) is 15.9. The monoisotopic (exact) mass is 399 g/mol. The van der Waals surface area contributed by atoms with Gasteiger partial charge in [-0.25, -0.2) is 0 Å². The van der Waals surface area contributed by atoms with E-state index in [2.05, 4.69) is 10.2 Å². The molecule has 1 heterocycles. The lowest BCUT2D eigenvalue weighted by Gasteiger charge is -2.15. The fourth-order valence-electron chi connectivity index (χ4n) is 2.70. The Bertz CT molecular complexity index is 897. The maximum absolute atomic E-state index is 12.2. The average Bonchev–Trinajstić information content (AvgIpc) is 3.07. The van der Waals surface area contributed by atoms with Gasteiger partial charge in [0.25, 0.3) is 0 Å². The normalized spacial score (nSPS) is 15.5. The summed E-state index contributed by atoms with van der Waals surface area (Å²) in [5.74, 6) is 2.34. The molecule has 0 spiro atoms. The minimum atomic E-state index is 0.00808. The first-order chi connectivity index (χ1) is 13.7. The Hall–Kier alpha value is -3.00. The maximum atomic E-state index is 12.2. The summed E-state index contributed by atoms with van der Waals surface area (Å²) in [5.41, 5.74) is 1.73. The van der Waals surface area contributed by atoms with Gasteiger partial charge in [0.15, 0.2) is 16.7 Å². The minimum Gasteiger partial charge on any atom is -0.497 e. The summed E-state index contributed by atoms with van der Waals surface area (Å²) in [6.07, 6.45) is 1.59. The molecule has 0 N–H and O–H groups in total. The molecule has 2 aromatic carbocycles.